The summed E-state index contributed by atoms with van der Waals surface area (Å²) in [6, 6.07) is 11.8. The first-order valence-corrected chi connectivity index (χ1v) is 11.2. The standard InChI is InChI=1S/C20H20N6O2S/c27-29(28)12-15-9-23-20(22-8-14-4-2-1-3-5-14)25-19(15)16-10-26(11-17(16)29)18-6-7-21-13-24-18/h1-7,9,13,16-17H,8,10-12H2,(H,22,23,25)/t16-,17+/m0/s1. The van der Waals surface area contributed by atoms with Crippen LogP contribution in [0.4, 0.5) is 11.8 Å². The number of sulfone groups is 1. The number of hydrogen-bond donors (Lipinski definition) is 1. The molecule has 9 heteroatoms. The second-order valence-corrected chi connectivity index (χ2v) is 9.59. The van der Waals surface area contributed by atoms with Crippen molar-refractivity contribution in [1.82, 2.24) is 19.9 Å². The summed E-state index contributed by atoms with van der Waals surface area (Å²) in [4.78, 5) is 19.3. The lowest BCUT2D eigenvalue weighted by Crippen LogP contribution is -2.35. The van der Waals surface area contributed by atoms with Gasteiger partial charge in [0.1, 0.15) is 12.1 Å². The minimum atomic E-state index is -3.27. The second kappa shape index (κ2) is 7.07. The number of nitrogens with zero attached hydrogens (tertiary/aromatic N) is 5. The van der Waals surface area contributed by atoms with Crippen LogP contribution < -0.4 is 10.2 Å². The fourth-order valence-electron chi connectivity index (χ4n) is 4.10. The Balaban J connectivity index is 1.43. The van der Waals surface area contributed by atoms with E-state index in [9.17, 15) is 8.42 Å². The molecule has 0 amide bonds. The van der Waals surface area contributed by atoms with Crippen LogP contribution in [0.5, 0.6) is 0 Å². The molecule has 0 aliphatic carbocycles. The second-order valence-electron chi connectivity index (χ2n) is 7.37. The third kappa shape index (κ3) is 3.42. The van der Waals surface area contributed by atoms with Gasteiger partial charge in [0.25, 0.3) is 0 Å². The average molecular weight is 408 g/mol. The zero-order chi connectivity index (χ0) is 19.8. The number of aromatic nitrogens is 4. The van der Waals surface area contributed by atoms with Crippen molar-refractivity contribution in [1.29, 1.82) is 0 Å². The fraction of sp³-hybridized carbons (Fsp3) is 0.300. The topological polar surface area (TPSA) is 101 Å². The van der Waals surface area contributed by atoms with E-state index >= 15 is 0 Å². The lowest BCUT2D eigenvalue weighted by Gasteiger charge is -2.26. The molecular weight excluding hydrogens is 388 g/mol. The predicted molar refractivity (Wildman–Crippen MR) is 109 cm³/mol. The van der Waals surface area contributed by atoms with Gasteiger partial charge in [-0.05, 0) is 11.6 Å². The van der Waals surface area contributed by atoms with Crippen molar-refractivity contribution in [2.45, 2.75) is 23.5 Å². The highest BCUT2D eigenvalue weighted by atomic mass is 32.2. The van der Waals surface area contributed by atoms with Gasteiger partial charge in [0.15, 0.2) is 9.84 Å². The summed E-state index contributed by atoms with van der Waals surface area (Å²) >= 11 is 0. The molecule has 3 aromatic rings. The normalized spacial score (nSPS) is 22.0. The molecule has 2 aromatic heterocycles. The van der Waals surface area contributed by atoms with E-state index in [-0.39, 0.29) is 11.7 Å². The first kappa shape index (κ1) is 18.0. The minimum absolute atomic E-state index is 0.0138. The maximum Gasteiger partial charge on any atom is 0.223 e. The van der Waals surface area contributed by atoms with Crippen LogP contribution in [0.2, 0.25) is 0 Å². The van der Waals surface area contributed by atoms with Gasteiger partial charge >= 0.3 is 0 Å². The van der Waals surface area contributed by atoms with E-state index in [0.29, 0.717) is 31.1 Å². The molecule has 29 heavy (non-hydrogen) atoms. The van der Waals surface area contributed by atoms with Gasteiger partial charge < -0.3 is 10.2 Å². The Morgan fingerprint density at radius 3 is 2.76 bits per heavy atom. The fourth-order valence-corrected chi connectivity index (χ4v) is 6.09. The quantitative estimate of drug-likeness (QED) is 0.697. The third-order valence-electron chi connectivity index (χ3n) is 5.52. The van der Waals surface area contributed by atoms with Crippen molar-refractivity contribution < 1.29 is 8.42 Å². The Bertz CT molecular complexity index is 1120. The highest BCUT2D eigenvalue weighted by Gasteiger charge is 2.47. The largest absolute Gasteiger partial charge is 0.354 e. The van der Waals surface area contributed by atoms with E-state index in [0.717, 1.165) is 17.1 Å². The minimum Gasteiger partial charge on any atom is -0.354 e. The zero-order valence-electron chi connectivity index (χ0n) is 15.6. The number of rotatable bonds is 4. The summed E-state index contributed by atoms with van der Waals surface area (Å²) in [6.07, 6.45) is 4.80. The highest BCUT2D eigenvalue weighted by molar-refractivity contribution is 7.91. The molecule has 1 saturated heterocycles. The van der Waals surface area contributed by atoms with Crippen LogP contribution in [0.15, 0.2) is 55.1 Å². The summed E-state index contributed by atoms with van der Waals surface area (Å²) in [6.45, 7) is 1.59. The summed E-state index contributed by atoms with van der Waals surface area (Å²) in [5.41, 5.74) is 2.65. The van der Waals surface area contributed by atoms with E-state index in [4.69, 9.17) is 4.98 Å². The van der Waals surface area contributed by atoms with Crippen LogP contribution in [0.1, 0.15) is 22.7 Å². The molecule has 2 aliphatic rings. The maximum atomic E-state index is 12.9. The number of benzene rings is 1. The summed E-state index contributed by atoms with van der Waals surface area (Å²) < 4.78 is 25.7. The lowest BCUT2D eigenvalue weighted by molar-refractivity contribution is 0.563. The molecular formula is C20H20N6O2S. The molecule has 0 radical (unpaired) electrons. The molecule has 2 atom stereocenters. The Hall–Kier alpha value is -3.07. The van der Waals surface area contributed by atoms with Crippen LogP contribution in [-0.4, -0.2) is 46.7 Å². The molecule has 0 saturated carbocycles. The Labute approximate surface area is 169 Å². The number of hydrogen-bond acceptors (Lipinski definition) is 8. The molecule has 0 bridgehead atoms. The van der Waals surface area contributed by atoms with E-state index < -0.39 is 15.1 Å². The molecule has 4 heterocycles. The maximum absolute atomic E-state index is 12.9. The van der Waals surface area contributed by atoms with Crippen molar-refractivity contribution in [2.24, 2.45) is 0 Å². The van der Waals surface area contributed by atoms with Crippen molar-refractivity contribution in [2.75, 3.05) is 23.3 Å². The zero-order valence-corrected chi connectivity index (χ0v) is 16.5. The van der Waals surface area contributed by atoms with Gasteiger partial charge in [-0.1, -0.05) is 30.3 Å². The number of nitrogens with one attached hydrogen (secondary N) is 1. The highest BCUT2D eigenvalue weighted by Crippen LogP contribution is 2.40. The van der Waals surface area contributed by atoms with Crippen LogP contribution >= 0.6 is 0 Å². The van der Waals surface area contributed by atoms with E-state index in [1.807, 2.05) is 35.2 Å². The Morgan fingerprint density at radius 1 is 1.10 bits per heavy atom. The van der Waals surface area contributed by atoms with Gasteiger partial charge in [0.2, 0.25) is 5.95 Å². The Morgan fingerprint density at radius 2 is 1.97 bits per heavy atom. The molecule has 2 aliphatic heterocycles. The summed E-state index contributed by atoms with van der Waals surface area (Å²) in [5, 5.41) is 2.76. The van der Waals surface area contributed by atoms with Gasteiger partial charge in [-0.3, -0.25) is 0 Å². The Kier molecular flexibility index (Phi) is 4.39. The lowest BCUT2D eigenvalue weighted by atomic mass is 10.00. The van der Waals surface area contributed by atoms with Gasteiger partial charge in [0, 0.05) is 43.5 Å². The SMILES string of the molecule is O=S1(=O)Cc2cnc(NCc3ccccc3)nc2[C@H]2CN(c3ccncn3)C[C@H]21. The number of anilines is 2. The molecule has 8 nitrogen and oxygen atoms in total. The summed E-state index contributed by atoms with van der Waals surface area (Å²) in [5.74, 6) is 1.05. The average Bonchev–Trinajstić information content (AvgIpc) is 3.21. The van der Waals surface area contributed by atoms with Gasteiger partial charge in [-0.25, -0.2) is 28.4 Å². The monoisotopic (exact) mass is 408 g/mol. The molecule has 148 valence electrons. The van der Waals surface area contributed by atoms with E-state index in [1.165, 1.54) is 6.33 Å². The van der Waals surface area contributed by atoms with Crippen molar-refractivity contribution in [3.63, 3.8) is 0 Å². The van der Waals surface area contributed by atoms with Crippen LogP contribution in [0.25, 0.3) is 0 Å². The molecule has 5 rings (SSSR count). The van der Waals surface area contributed by atoms with Crippen molar-refractivity contribution >= 4 is 21.6 Å². The van der Waals surface area contributed by atoms with E-state index in [1.54, 1.807) is 18.5 Å². The summed E-state index contributed by atoms with van der Waals surface area (Å²) in [7, 11) is -3.27. The van der Waals surface area contributed by atoms with Crippen LogP contribution in [-0.2, 0) is 22.1 Å². The first-order valence-electron chi connectivity index (χ1n) is 9.46. The van der Waals surface area contributed by atoms with Gasteiger partial charge in [-0.15, -0.1) is 0 Å². The molecule has 1 N–H and O–H groups in total. The third-order valence-corrected chi connectivity index (χ3v) is 7.63. The molecule has 1 aromatic carbocycles. The molecule has 0 spiro atoms. The van der Waals surface area contributed by atoms with Crippen molar-refractivity contribution in [3.8, 4) is 0 Å². The van der Waals surface area contributed by atoms with Gasteiger partial charge in [0.05, 0.1) is 16.7 Å². The van der Waals surface area contributed by atoms with Crippen molar-refractivity contribution in [3.05, 3.63) is 71.9 Å². The predicted octanol–water partition coefficient (Wildman–Crippen LogP) is 1.78. The van der Waals surface area contributed by atoms with Gasteiger partial charge in [-0.2, -0.15) is 0 Å². The van der Waals surface area contributed by atoms with E-state index in [2.05, 4.69) is 20.3 Å². The van der Waals surface area contributed by atoms with Crippen LogP contribution in [0.3, 0.4) is 0 Å². The van der Waals surface area contributed by atoms with Crippen LogP contribution in [0, 0.1) is 0 Å². The smallest absolute Gasteiger partial charge is 0.223 e. The molecule has 0 unspecified atom stereocenters. The first-order chi connectivity index (χ1) is 14.1. The molecule has 1 fully saturated rings. The number of fused-ring (bicyclic) bond motifs is 3.